The molecule has 0 amide bonds. The Morgan fingerprint density at radius 3 is 2.63 bits per heavy atom. The summed E-state index contributed by atoms with van der Waals surface area (Å²) in [5, 5.41) is 3.40. The fraction of sp³-hybridized carbons (Fsp3) is 0.667. The standard InChI is InChI=1S/C15H27N3O/c1-12(2)19-13-8-7-9-16-14(13)17-10-15(3,4)11-18(5)6/h7-9,12H,10-11H2,1-6H3,(H,16,17). The minimum Gasteiger partial charge on any atom is -0.487 e. The molecule has 0 aliphatic rings. The predicted octanol–water partition coefficient (Wildman–Crippen LogP) is 2.87. The van der Waals surface area contributed by atoms with E-state index < -0.39 is 0 Å². The molecule has 1 aromatic rings. The van der Waals surface area contributed by atoms with Crippen LogP contribution in [0.15, 0.2) is 18.3 Å². The highest BCUT2D eigenvalue weighted by Crippen LogP contribution is 2.24. The van der Waals surface area contributed by atoms with E-state index >= 15 is 0 Å². The zero-order valence-electron chi connectivity index (χ0n) is 13.0. The third-order valence-electron chi connectivity index (χ3n) is 2.61. The van der Waals surface area contributed by atoms with Crippen LogP contribution in [0.25, 0.3) is 0 Å². The second-order valence-corrected chi connectivity index (χ2v) is 6.27. The zero-order valence-corrected chi connectivity index (χ0v) is 13.0. The number of nitrogens with one attached hydrogen (secondary N) is 1. The first-order chi connectivity index (χ1) is 8.80. The number of rotatable bonds is 7. The number of pyridine rings is 1. The predicted molar refractivity (Wildman–Crippen MR) is 80.8 cm³/mol. The number of anilines is 1. The van der Waals surface area contributed by atoms with Crippen LogP contribution in [-0.4, -0.2) is 43.2 Å². The minimum atomic E-state index is 0.152. The maximum absolute atomic E-state index is 5.76. The van der Waals surface area contributed by atoms with E-state index in [1.54, 1.807) is 6.20 Å². The summed E-state index contributed by atoms with van der Waals surface area (Å²) >= 11 is 0. The summed E-state index contributed by atoms with van der Waals surface area (Å²) in [6.07, 6.45) is 1.94. The van der Waals surface area contributed by atoms with Gasteiger partial charge < -0.3 is 15.0 Å². The summed E-state index contributed by atoms with van der Waals surface area (Å²) in [6.45, 7) is 10.4. The lowest BCUT2D eigenvalue weighted by molar-refractivity contribution is 0.240. The smallest absolute Gasteiger partial charge is 0.168 e. The minimum absolute atomic E-state index is 0.152. The van der Waals surface area contributed by atoms with Crippen LogP contribution in [0.3, 0.4) is 0 Å². The summed E-state index contributed by atoms with van der Waals surface area (Å²) in [5.74, 6) is 1.64. The van der Waals surface area contributed by atoms with Gasteiger partial charge in [-0.1, -0.05) is 13.8 Å². The van der Waals surface area contributed by atoms with E-state index in [-0.39, 0.29) is 11.5 Å². The van der Waals surface area contributed by atoms with Crippen LogP contribution in [0.1, 0.15) is 27.7 Å². The lowest BCUT2D eigenvalue weighted by Crippen LogP contribution is -2.34. The zero-order chi connectivity index (χ0) is 14.5. The van der Waals surface area contributed by atoms with E-state index in [0.717, 1.165) is 24.7 Å². The first-order valence-corrected chi connectivity index (χ1v) is 6.80. The van der Waals surface area contributed by atoms with Crippen molar-refractivity contribution < 1.29 is 4.74 Å². The molecule has 0 unspecified atom stereocenters. The second kappa shape index (κ2) is 6.75. The van der Waals surface area contributed by atoms with Crippen molar-refractivity contribution in [3.63, 3.8) is 0 Å². The molecule has 1 rings (SSSR count). The van der Waals surface area contributed by atoms with Gasteiger partial charge in [0.25, 0.3) is 0 Å². The highest BCUT2D eigenvalue weighted by molar-refractivity contribution is 5.49. The van der Waals surface area contributed by atoms with E-state index in [2.05, 4.69) is 43.1 Å². The summed E-state index contributed by atoms with van der Waals surface area (Å²) < 4.78 is 5.76. The highest BCUT2D eigenvalue weighted by atomic mass is 16.5. The number of hydrogen-bond acceptors (Lipinski definition) is 4. The average molecular weight is 265 g/mol. The van der Waals surface area contributed by atoms with Gasteiger partial charge in [0.15, 0.2) is 11.6 Å². The molecule has 1 heterocycles. The van der Waals surface area contributed by atoms with Crippen molar-refractivity contribution >= 4 is 5.82 Å². The Kier molecular flexibility index (Phi) is 5.60. The van der Waals surface area contributed by atoms with E-state index in [1.807, 2.05) is 26.0 Å². The van der Waals surface area contributed by atoms with Crippen LogP contribution in [0.4, 0.5) is 5.82 Å². The Labute approximate surface area is 117 Å². The van der Waals surface area contributed by atoms with Crippen molar-refractivity contribution in [2.75, 3.05) is 32.5 Å². The molecule has 0 atom stereocenters. The van der Waals surface area contributed by atoms with E-state index in [0.29, 0.717) is 0 Å². The van der Waals surface area contributed by atoms with Crippen molar-refractivity contribution in [1.29, 1.82) is 0 Å². The van der Waals surface area contributed by atoms with Gasteiger partial charge in [-0.2, -0.15) is 0 Å². The Morgan fingerprint density at radius 2 is 2.05 bits per heavy atom. The monoisotopic (exact) mass is 265 g/mol. The van der Waals surface area contributed by atoms with Crippen molar-refractivity contribution in [3.05, 3.63) is 18.3 Å². The average Bonchev–Trinajstić information content (AvgIpc) is 2.25. The van der Waals surface area contributed by atoms with E-state index in [4.69, 9.17) is 4.74 Å². The van der Waals surface area contributed by atoms with E-state index in [9.17, 15) is 0 Å². The SMILES string of the molecule is CC(C)Oc1cccnc1NCC(C)(C)CN(C)C. The normalized spacial score (nSPS) is 12.0. The van der Waals surface area contributed by atoms with Gasteiger partial charge in [0.2, 0.25) is 0 Å². The Bertz CT molecular complexity index is 389. The van der Waals surface area contributed by atoms with Crippen molar-refractivity contribution in [1.82, 2.24) is 9.88 Å². The van der Waals surface area contributed by atoms with Crippen LogP contribution in [0, 0.1) is 5.41 Å². The van der Waals surface area contributed by atoms with Gasteiger partial charge in [-0.15, -0.1) is 0 Å². The third kappa shape index (κ3) is 5.92. The second-order valence-electron chi connectivity index (χ2n) is 6.27. The molecule has 0 fully saturated rings. The molecule has 4 heteroatoms. The largest absolute Gasteiger partial charge is 0.487 e. The Morgan fingerprint density at radius 1 is 1.37 bits per heavy atom. The van der Waals surface area contributed by atoms with Crippen LogP contribution < -0.4 is 10.1 Å². The van der Waals surface area contributed by atoms with Crippen molar-refractivity contribution in [3.8, 4) is 5.75 Å². The molecule has 1 aromatic heterocycles. The molecule has 0 saturated heterocycles. The van der Waals surface area contributed by atoms with Crippen LogP contribution in [-0.2, 0) is 0 Å². The van der Waals surface area contributed by atoms with E-state index in [1.165, 1.54) is 0 Å². The first kappa shape index (κ1) is 15.8. The summed E-state index contributed by atoms with van der Waals surface area (Å²) in [4.78, 5) is 6.56. The molecule has 0 bridgehead atoms. The van der Waals surface area contributed by atoms with Gasteiger partial charge >= 0.3 is 0 Å². The van der Waals surface area contributed by atoms with Gasteiger partial charge in [0, 0.05) is 19.3 Å². The van der Waals surface area contributed by atoms with Crippen LogP contribution in [0.2, 0.25) is 0 Å². The molecule has 0 aromatic carbocycles. The summed E-state index contributed by atoms with van der Waals surface area (Å²) in [6, 6.07) is 3.85. The topological polar surface area (TPSA) is 37.4 Å². The molecular weight excluding hydrogens is 238 g/mol. The van der Waals surface area contributed by atoms with Gasteiger partial charge in [0.1, 0.15) is 0 Å². The van der Waals surface area contributed by atoms with Gasteiger partial charge in [-0.3, -0.25) is 0 Å². The summed E-state index contributed by atoms with van der Waals surface area (Å²) in [5.41, 5.74) is 0.177. The highest BCUT2D eigenvalue weighted by Gasteiger charge is 2.19. The quantitative estimate of drug-likeness (QED) is 0.822. The Balaban J connectivity index is 2.67. The van der Waals surface area contributed by atoms with Gasteiger partial charge in [-0.05, 0) is 45.5 Å². The van der Waals surface area contributed by atoms with Crippen LogP contribution in [0.5, 0.6) is 5.75 Å². The number of ether oxygens (including phenoxy) is 1. The lowest BCUT2D eigenvalue weighted by Gasteiger charge is -2.29. The first-order valence-electron chi connectivity index (χ1n) is 6.80. The fourth-order valence-electron chi connectivity index (χ4n) is 2.11. The van der Waals surface area contributed by atoms with Gasteiger partial charge in [-0.25, -0.2) is 4.98 Å². The number of hydrogen-bond donors (Lipinski definition) is 1. The molecule has 19 heavy (non-hydrogen) atoms. The molecule has 0 aliphatic heterocycles. The Hall–Kier alpha value is -1.29. The molecule has 4 nitrogen and oxygen atoms in total. The molecular formula is C15H27N3O. The molecule has 0 radical (unpaired) electrons. The van der Waals surface area contributed by atoms with Crippen LogP contribution >= 0.6 is 0 Å². The van der Waals surface area contributed by atoms with Gasteiger partial charge in [0.05, 0.1) is 6.10 Å². The maximum atomic E-state index is 5.76. The molecule has 0 saturated carbocycles. The lowest BCUT2D eigenvalue weighted by atomic mass is 9.93. The number of nitrogens with zero attached hydrogens (tertiary/aromatic N) is 2. The van der Waals surface area contributed by atoms with Crippen molar-refractivity contribution in [2.24, 2.45) is 5.41 Å². The molecule has 0 aliphatic carbocycles. The van der Waals surface area contributed by atoms with Crippen molar-refractivity contribution in [2.45, 2.75) is 33.8 Å². The molecule has 0 spiro atoms. The third-order valence-corrected chi connectivity index (χ3v) is 2.61. The summed E-state index contributed by atoms with van der Waals surface area (Å²) in [7, 11) is 4.19. The molecule has 108 valence electrons. The fourth-order valence-corrected chi connectivity index (χ4v) is 2.11. The maximum Gasteiger partial charge on any atom is 0.168 e. The number of aromatic nitrogens is 1. The molecule has 1 N–H and O–H groups in total.